The van der Waals surface area contributed by atoms with Gasteiger partial charge in [0, 0.05) is 43.2 Å². The van der Waals surface area contributed by atoms with Gasteiger partial charge in [0.2, 0.25) is 5.91 Å². The predicted molar refractivity (Wildman–Crippen MR) is 87.6 cm³/mol. The molecule has 22 heavy (non-hydrogen) atoms. The summed E-state index contributed by atoms with van der Waals surface area (Å²) in [6, 6.07) is 0. The Hall–Kier alpha value is -1.14. The summed E-state index contributed by atoms with van der Waals surface area (Å²) in [6.07, 6.45) is 7.98. The lowest BCUT2D eigenvalue weighted by Gasteiger charge is -2.38. The van der Waals surface area contributed by atoms with Gasteiger partial charge in [0.25, 0.3) is 0 Å². The molecule has 2 saturated heterocycles. The number of hydrogen-bond acceptors (Lipinski definition) is 5. The Morgan fingerprint density at radius 3 is 2.64 bits per heavy atom. The molecule has 0 unspecified atom stereocenters. The molecule has 3 rings (SSSR count). The van der Waals surface area contributed by atoms with E-state index in [0.717, 1.165) is 56.4 Å². The summed E-state index contributed by atoms with van der Waals surface area (Å²) in [4.78, 5) is 22.8. The first-order valence-corrected chi connectivity index (χ1v) is 9.10. The molecule has 0 aliphatic carbocycles. The molecule has 1 spiro atoms. The number of rotatable bonds is 5. The lowest BCUT2D eigenvalue weighted by atomic mass is 9.77. The van der Waals surface area contributed by atoms with Gasteiger partial charge < -0.3 is 5.32 Å². The fraction of sp³-hybridized carbons (Fsp3) is 0.688. The van der Waals surface area contributed by atoms with E-state index in [2.05, 4.69) is 27.1 Å². The fourth-order valence-electron chi connectivity index (χ4n) is 3.24. The third-order valence-corrected chi connectivity index (χ3v) is 5.72. The number of carbonyl (C=O) groups is 1. The van der Waals surface area contributed by atoms with Crippen molar-refractivity contribution in [3.05, 3.63) is 18.0 Å². The largest absolute Gasteiger partial charge is 0.356 e. The van der Waals surface area contributed by atoms with Gasteiger partial charge in [0.1, 0.15) is 0 Å². The monoisotopic (exact) mass is 320 g/mol. The number of nitrogens with one attached hydrogen (secondary N) is 1. The van der Waals surface area contributed by atoms with Crippen LogP contribution in [-0.4, -0.2) is 46.2 Å². The highest BCUT2D eigenvalue weighted by Gasteiger charge is 2.40. The van der Waals surface area contributed by atoms with Gasteiger partial charge in [0.05, 0.1) is 0 Å². The van der Waals surface area contributed by atoms with Crippen LogP contribution in [0.25, 0.3) is 0 Å². The van der Waals surface area contributed by atoms with Gasteiger partial charge in [-0.05, 0) is 37.8 Å². The number of hydrogen-bond donors (Lipinski definition) is 1. The standard InChI is InChI=1S/C16H24N4OS/c1-2-7-22-15-17-9-13(10-18-15)11-20-5-3-16(4-6-20)8-14(21)19-12-16/h9-10H,2-8,11-12H2,1H3,(H,19,21). The van der Waals surface area contributed by atoms with E-state index in [-0.39, 0.29) is 11.3 Å². The first kappa shape index (κ1) is 15.7. The number of amides is 1. The van der Waals surface area contributed by atoms with Crippen molar-refractivity contribution in [1.82, 2.24) is 20.2 Å². The lowest BCUT2D eigenvalue weighted by molar-refractivity contribution is -0.119. The van der Waals surface area contributed by atoms with Crippen molar-refractivity contribution in [3.63, 3.8) is 0 Å². The Balaban J connectivity index is 1.49. The van der Waals surface area contributed by atoms with Crippen molar-refractivity contribution in [2.24, 2.45) is 5.41 Å². The number of thioether (sulfide) groups is 1. The van der Waals surface area contributed by atoms with E-state index in [1.807, 2.05) is 12.4 Å². The van der Waals surface area contributed by atoms with Crippen LogP contribution in [0.2, 0.25) is 0 Å². The Morgan fingerprint density at radius 2 is 2.05 bits per heavy atom. The van der Waals surface area contributed by atoms with Crippen LogP contribution >= 0.6 is 11.8 Å². The molecule has 3 heterocycles. The summed E-state index contributed by atoms with van der Waals surface area (Å²) in [5.74, 6) is 1.29. The Morgan fingerprint density at radius 1 is 1.32 bits per heavy atom. The molecule has 0 bridgehead atoms. The zero-order valence-electron chi connectivity index (χ0n) is 13.2. The van der Waals surface area contributed by atoms with Gasteiger partial charge in [0.15, 0.2) is 5.16 Å². The average molecular weight is 320 g/mol. The zero-order valence-corrected chi connectivity index (χ0v) is 14.0. The highest BCUT2D eigenvalue weighted by atomic mass is 32.2. The smallest absolute Gasteiger partial charge is 0.220 e. The SMILES string of the molecule is CCCSc1ncc(CN2CCC3(CC2)CNC(=O)C3)cn1. The van der Waals surface area contributed by atoms with Gasteiger partial charge in [-0.1, -0.05) is 18.7 Å². The van der Waals surface area contributed by atoms with E-state index >= 15 is 0 Å². The van der Waals surface area contributed by atoms with Crippen molar-refractivity contribution in [3.8, 4) is 0 Å². The van der Waals surface area contributed by atoms with Crippen molar-refractivity contribution in [2.75, 3.05) is 25.4 Å². The highest BCUT2D eigenvalue weighted by molar-refractivity contribution is 7.99. The first-order valence-electron chi connectivity index (χ1n) is 8.12. The molecule has 1 amide bonds. The van der Waals surface area contributed by atoms with Crippen LogP contribution in [0, 0.1) is 5.41 Å². The van der Waals surface area contributed by atoms with E-state index in [1.54, 1.807) is 11.8 Å². The maximum Gasteiger partial charge on any atom is 0.220 e. The molecule has 2 aliphatic rings. The minimum absolute atomic E-state index is 0.224. The quantitative estimate of drug-likeness (QED) is 0.665. The van der Waals surface area contributed by atoms with E-state index < -0.39 is 0 Å². The second-order valence-electron chi connectivity index (χ2n) is 6.45. The summed E-state index contributed by atoms with van der Waals surface area (Å²) < 4.78 is 0. The molecule has 1 aromatic heterocycles. The van der Waals surface area contributed by atoms with Crippen LogP contribution in [0.4, 0.5) is 0 Å². The van der Waals surface area contributed by atoms with E-state index in [0.29, 0.717) is 6.42 Å². The third-order valence-electron chi connectivity index (χ3n) is 4.64. The predicted octanol–water partition coefficient (Wildman–Crippen LogP) is 2.08. The Labute approximate surface area is 136 Å². The molecule has 0 aromatic carbocycles. The van der Waals surface area contributed by atoms with Gasteiger partial charge in [-0.15, -0.1) is 0 Å². The Bertz CT molecular complexity index is 511. The average Bonchev–Trinajstić information content (AvgIpc) is 2.90. The van der Waals surface area contributed by atoms with Crippen molar-refractivity contribution < 1.29 is 4.79 Å². The van der Waals surface area contributed by atoms with Crippen LogP contribution in [-0.2, 0) is 11.3 Å². The van der Waals surface area contributed by atoms with E-state index in [1.165, 1.54) is 5.56 Å². The summed E-state index contributed by atoms with van der Waals surface area (Å²) in [6.45, 7) is 6.06. The van der Waals surface area contributed by atoms with E-state index in [9.17, 15) is 4.79 Å². The molecule has 2 fully saturated rings. The summed E-state index contributed by atoms with van der Waals surface area (Å²) in [5.41, 5.74) is 1.41. The number of carbonyl (C=O) groups excluding carboxylic acids is 1. The molecule has 1 aromatic rings. The molecular weight excluding hydrogens is 296 g/mol. The molecule has 6 heteroatoms. The molecule has 0 atom stereocenters. The second-order valence-corrected chi connectivity index (χ2v) is 7.51. The lowest BCUT2D eigenvalue weighted by Crippen LogP contribution is -2.40. The van der Waals surface area contributed by atoms with Crippen molar-refractivity contribution >= 4 is 17.7 Å². The summed E-state index contributed by atoms with van der Waals surface area (Å²) >= 11 is 1.71. The first-order chi connectivity index (χ1) is 10.7. The topological polar surface area (TPSA) is 58.1 Å². The molecule has 2 aliphatic heterocycles. The second kappa shape index (κ2) is 6.96. The van der Waals surface area contributed by atoms with Crippen LogP contribution in [0.1, 0.15) is 38.2 Å². The number of aromatic nitrogens is 2. The minimum Gasteiger partial charge on any atom is -0.356 e. The maximum atomic E-state index is 11.5. The van der Waals surface area contributed by atoms with Gasteiger partial charge in [-0.25, -0.2) is 9.97 Å². The maximum absolute atomic E-state index is 11.5. The van der Waals surface area contributed by atoms with Crippen LogP contribution in [0.5, 0.6) is 0 Å². The summed E-state index contributed by atoms with van der Waals surface area (Å²) in [7, 11) is 0. The molecule has 0 saturated carbocycles. The normalized spacial score (nSPS) is 21.2. The Kier molecular flexibility index (Phi) is 4.98. The zero-order chi connectivity index (χ0) is 15.4. The highest BCUT2D eigenvalue weighted by Crippen LogP contribution is 2.37. The summed E-state index contributed by atoms with van der Waals surface area (Å²) in [5, 5.41) is 3.86. The molecule has 120 valence electrons. The molecule has 0 radical (unpaired) electrons. The molecular formula is C16H24N4OS. The molecule has 1 N–H and O–H groups in total. The van der Waals surface area contributed by atoms with E-state index in [4.69, 9.17) is 0 Å². The van der Waals surface area contributed by atoms with Gasteiger partial charge in [-0.3, -0.25) is 9.69 Å². The van der Waals surface area contributed by atoms with Crippen LogP contribution in [0.3, 0.4) is 0 Å². The minimum atomic E-state index is 0.224. The van der Waals surface area contributed by atoms with Crippen molar-refractivity contribution in [1.29, 1.82) is 0 Å². The molecule has 5 nitrogen and oxygen atoms in total. The van der Waals surface area contributed by atoms with Crippen molar-refractivity contribution in [2.45, 2.75) is 44.3 Å². The number of piperidine rings is 1. The van der Waals surface area contributed by atoms with Crippen LogP contribution < -0.4 is 5.32 Å². The van der Waals surface area contributed by atoms with Gasteiger partial charge >= 0.3 is 0 Å². The van der Waals surface area contributed by atoms with Crippen LogP contribution in [0.15, 0.2) is 17.6 Å². The number of likely N-dealkylation sites (tertiary alicyclic amines) is 1. The fourth-order valence-corrected chi connectivity index (χ4v) is 3.88. The number of nitrogens with zero attached hydrogens (tertiary/aromatic N) is 3. The van der Waals surface area contributed by atoms with Gasteiger partial charge in [-0.2, -0.15) is 0 Å². The third kappa shape index (κ3) is 3.79.